The van der Waals surface area contributed by atoms with E-state index in [4.69, 9.17) is 14.2 Å². The van der Waals surface area contributed by atoms with Crippen LogP contribution in [0.1, 0.15) is 42.2 Å². The summed E-state index contributed by atoms with van der Waals surface area (Å²) in [6.07, 6.45) is 0.574. The number of rotatable bonds is 6. The zero-order valence-corrected chi connectivity index (χ0v) is 18.9. The fraction of sp³-hybridized carbons (Fsp3) is 0.333. The van der Waals surface area contributed by atoms with Crippen LogP contribution in [0.2, 0.25) is 0 Å². The molecular formula is C24H24N2O8. The molecular weight excluding hydrogens is 444 g/mol. The number of hydrogen-bond donors (Lipinski definition) is 2. The van der Waals surface area contributed by atoms with Crippen LogP contribution in [0.25, 0.3) is 0 Å². The van der Waals surface area contributed by atoms with Gasteiger partial charge in [-0.2, -0.15) is 0 Å². The summed E-state index contributed by atoms with van der Waals surface area (Å²) in [4.78, 5) is 36.6. The molecule has 1 amide bonds. The van der Waals surface area contributed by atoms with E-state index in [2.05, 4.69) is 5.32 Å². The van der Waals surface area contributed by atoms with Gasteiger partial charge in [-0.15, -0.1) is 0 Å². The summed E-state index contributed by atoms with van der Waals surface area (Å²) in [6, 6.07) is 8.08. The van der Waals surface area contributed by atoms with E-state index in [1.54, 1.807) is 13.2 Å². The Hall–Kier alpha value is -4.08. The average Bonchev–Trinajstić information content (AvgIpc) is 2.82. The highest BCUT2D eigenvalue weighted by Gasteiger charge is 2.39. The number of methoxy groups -OCH3 is 3. The Balaban J connectivity index is 1.75. The second kappa shape index (κ2) is 9.05. The number of nitrogens with zero attached hydrogens (tertiary/aromatic N) is 1. The largest absolute Gasteiger partial charge is 0.500 e. The number of carbonyl (C=O) groups is 2. The Labute approximate surface area is 195 Å². The Kier molecular flexibility index (Phi) is 6.14. The van der Waals surface area contributed by atoms with Crippen LogP contribution in [0.15, 0.2) is 41.6 Å². The van der Waals surface area contributed by atoms with E-state index in [0.29, 0.717) is 34.8 Å². The van der Waals surface area contributed by atoms with Crippen molar-refractivity contribution in [3.8, 4) is 23.0 Å². The van der Waals surface area contributed by atoms with Crippen LogP contribution in [0.3, 0.4) is 0 Å². The topological polar surface area (TPSA) is 137 Å². The van der Waals surface area contributed by atoms with Crippen LogP contribution < -0.4 is 19.5 Å². The molecule has 0 saturated carbocycles. The molecule has 2 aliphatic rings. The van der Waals surface area contributed by atoms with Gasteiger partial charge in [0.05, 0.1) is 26.3 Å². The zero-order valence-electron chi connectivity index (χ0n) is 18.9. The number of nitro benzene ring substituents is 1. The van der Waals surface area contributed by atoms with Crippen LogP contribution in [-0.4, -0.2) is 43.0 Å². The predicted molar refractivity (Wildman–Crippen MR) is 120 cm³/mol. The molecule has 10 heteroatoms. The molecule has 1 aliphatic heterocycles. The predicted octanol–water partition coefficient (Wildman–Crippen LogP) is 3.33. The molecule has 1 heterocycles. The molecule has 0 bridgehead atoms. The highest BCUT2D eigenvalue weighted by molar-refractivity contribution is 6.02. The summed E-state index contributed by atoms with van der Waals surface area (Å²) in [5.41, 5.74) is 1.62. The number of ketones is 1. The molecule has 2 aromatic carbocycles. The first kappa shape index (κ1) is 23.1. The first-order valence-corrected chi connectivity index (χ1v) is 10.6. The van der Waals surface area contributed by atoms with Crippen LogP contribution in [0, 0.1) is 10.1 Å². The van der Waals surface area contributed by atoms with Crippen molar-refractivity contribution in [2.75, 3.05) is 21.3 Å². The smallest absolute Gasteiger partial charge is 0.314 e. The van der Waals surface area contributed by atoms with Gasteiger partial charge in [0.2, 0.25) is 11.7 Å². The van der Waals surface area contributed by atoms with Gasteiger partial charge in [0.1, 0.15) is 0 Å². The van der Waals surface area contributed by atoms with E-state index < -0.39 is 22.3 Å². The summed E-state index contributed by atoms with van der Waals surface area (Å²) < 4.78 is 15.8. The third kappa shape index (κ3) is 4.02. The lowest BCUT2D eigenvalue weighted by molar-refractivity contribution is -0.386. The normalized spacial score (nSPS) is 19.9. The lowest BCUT2D eigenvalue weighted by Crippen LogP contribution is -2.38. The molecule has 2 unspecified atom stereocenters. The number of Topliss-reactive ketones (excluding diaryl/α,β-unsaturated/α-hetero) is 1. The van der Waals surface area contributed by atoms with Gasteiger partial charge in [0, 0.05) is 36.1 Å². The maximum atomic E-state index is 13.3. The Bertz CT molecular complexity index is 1220. The summed E-state index contributed by atoms with van der Waals surface area (Å²) >= 11 is 0. The third-order valence-electron chi connectivity index (χ3n) is 6.31. The summed E-state index contributed by atoms with van der Waals surface area (Å²) in [5.74, 6) is -0.897. The first-order chi connectivity index (χ1) is 16.3. The minimum absolute atomic E-state index is 0.0450. The van der Waals surface area contributed by atoms with Gasteiger partial charge in [0.25, 0.3) is 0 Å². The van der Waals surface area contributed by atoms with Crippen molar-refractivity contribution in [2.24, 2.45) is 0 Å². The maximum absolute atomic E-state index is 13.3. The Morgan fingerprint density at radius 1 is 0.941 bits per heavy atom. The number of nitrogens with one attached hydrogen (secondary N) is 1. The van der Waals surface area contributed by atoms with Crippen molar-refractivity contribution in [1.82, 2.24) is 5.32 Å². The molecule has 0 spiro atoms. The van der Waals surface area contributed by atoms with Gasteiger partial charge in [-0.3, -0.25) is 19.7 Å². The second-order valence-electron chi connectivity index (χ2n) is 8.19. The van der Waals surface area contributed by atoms with Crippen LogP contribution in [0.5, 0.6) is 23.0 Å². The lowest BCUT2D eigenvalue weighted by Gasteiger charge is -2.34. The molecule has 4 rings (SSSR count). The highest BCUT2D eigenvalue weighted by atomic mass is 16.6. The van der Waals surface area contributed by atoms with E-state index in [9.17, 15) is 24.8 Å². The SMILES string of the molecule is COc1ccc(C2CC(=O)C3=C(C2)NC(=O)CC3c2cc(OC)c(O)c([N+](=O)[O-])c2)cc1OC. The van der Waals surface area contributed by atoms with Crippen molar-refractivity contribution in [1.29, 1.82) is 0 Å². The van der Waals surface area contributed by atoms with Crippen LogP contribution in [0.4, 0.5) is 5.69 Å². The molecule has 1 aliphatic carbocycles. The number of ether oxygens (including phenoxy) is 3. The lowest BCUT2D eigenvalue weighted by atomic mass is 9.73. The van der Waals surface area contributed by atoms with E-state index in [1.165, 1.54) is 26.4 Å². The molecule has 2 atom stereocenters. The fourth-order valence-corrected chi connectivity index (χ4v) is 4.70. The summed E-state index contributed by atoms with van der Waals surface area (Å²) in [6.45, 7) is 0. The van der Waals surface area contributed by atoms with Crippen LogP contribution in [-0.2, 0) is 9.59 Å². The van der Waals surface area contributed by atoms with Gasteiger partial charge in [0.15, 0.2) is 23.0 Å². The zero-order chi connectivity index (χ0) is 24.6. The number of hydrogen-bond acceptors (Lipinski definition) is 8. The number of phenolic OH excluding ortho intramolecular Hbond substituents is 1. The number of phenols is 1. The number of aromatic hydroxyl groups is 1. The molecule has 10 nitrogen and oxygen atoms in total. The Morgan fingerprint density at radius 3 is 2.26 bits per heavy atom. The van der Waals surface area contributed by atoms with Gasteiger partial charge < -0.3 is 24.6 Å². The Morgan fingerprint density at radius 2 is 1.62 bits per heavy atom. The van der Waals surface area contributed by atoms with Crippen molar-refractivity contribution in [3.63, 3.8) is 0 Å². The summed E-state index contributed by atoms with van der Waals surface area (Å²) in [5, 5.41) is 24.4. The third-order valence-corrected chi connectivity index (χ3v) is 6.31. The molecule has 34 heavy (non-hydrogen) atoms. The van der Waals surface area contributed by atoms with Gasteiger partial charge in [-0.25, -0.2) is 0 Å². The minimum atomic E-state index is -0.727. The number of nitro groups is 1. The van der Waals surface area contributed by atoms with E-state index >= 15 is 0 Å². The number of allylic oxidation sites excluding steroid dienone is 2. The molecule has 0 aromatic heterocycles. The number of amides is 1. The maximum Gasteiger partial charge on any atom is 0.314 e. The summed E-state index contributed by atoms with van der Waals surface area (Å²) in [7, 11) is 4.35. The molecule has 2 N–H and O–H groups in total. The molecule has 0 saturated heterocycles. The van der Waals surface area contributed by atoms with Crippen molar-refractivity contribution < 1.29 is 33.8 Å². The van der Waals surface area contributed by atoms with Gasteiger partial charge >= 0.3 is 5.69 Å². The monoisotopic (exact) mass is 468 g/mol. The van der Waals surface area contributed by atoms with Gasteiger partial charge in [-0.1, -0.05) is 6.07 Å². The average molecular weight is 468 g/mol. The minimum Gasteiger partial charge on any atom is -0.500 e. The quantitative estimate of drug-likeness (QED) is 0.486. The first-order valence-electron chi connectivity index (χ1n) is 10.6. The number of carbonyl (C=O) groups excluding carboxylic acids is 2. The van der Waals surface area contributed by atoms with Crippen molar-refractivity contribution in [3.05, 3.63) is 62.8 Å². The van der Waals surface area contributed by atoms with Crippen LogP contribution >= 0.6 is 0 Å². The van der Waals surface area contributed by atoms with Gasteiger partial charge in [-0.05, 0) is 41.7 Å². The molecule has 0 fully saturated rings. The fourth-order valence-electron chi connectivity index (χ4n) is 4.70. The van der Waals surface area contributed by atoms with Crippen molar-refractivity contribution >= 4 is 17.4 Å². The van der Waals surface area contributed by atoms with E-state index in [-0.39, 0.29) is 36.2 Å². The molecule has 178 valence electrons. The van der Waals surface area contributed by atoms with E-state index in [0.717, 1.165) is 5.56 Å². The highest BCUT2D eigenvalue weighted by Crippen LogP contribution is 2.46. The van der Waals surface area contributed by atoms with Crippen molar-refractivity contribution in [2.45, 2.75) is 31.1 Å². The second-order valence-corrected chi connectivity index (χ2v) is 8.19. The standard InChI is InChI=1S/C24H24N2O8/c1-32-19-5-4-12(9-20(19)33-2)13-6-16-23(18(27)8-13)15(11-22(28)25-16)14-7-17(26(30)31)24(29)21(10-14)34-3/h4-5,7,9-10,13,15,29H,6,8,11H2,1-3H3,(H,25,28). The number of benzene rings is 2. The molecule has 2 aromatic rings. The molecule has 0 radical (unpaired) electrons. The van der Waals surface area contributed by atoms with E-state index in [1.807, 2.05) is 12.1 Å².